The van der Waals surface area contributed by atoms with Gasteiger partial charge in [0.05, 0.1) is 6.10 Å². The third-order valence-corrected chi connectivity index (χ3v) is 2.90. The fraction of sp³-hybridized carbons (Fsp3) is 0.533. The van der Waals surface area contributed by atoms with Crippen LogP contribution in [0.5, 0.6) is 0 Å². The van der Waals surface area contributed by atoms with Crippen molar-refractivity contribution < 1.29 is 18.7 Å². The van der Waals surface area contributed by atoms with Crippen molar-refractivity contribution in [2.45, 2.75) is 26.4 Å². The Balaban J connectivity index is 2.25. The van der Waals surface area contributed by atoms with Crippen molar-refractivity contribution in [3.05, 3.63) is 35.4 Å². The van der Waals surface area contributed by atoms with Gasteiger partial charge in [-0.1, -0.05) is 19.9 Å². The number of hydrogen-bond acceptors (Lipinski definition) is 3. The van der Waals surface area contributed by atoms with Gasteiger partial charge in [-0.25, -0.2) is 8.78 Å². The molecule has 118 valence electrons. The highest BCUT2D eigenvalue weighted by atomic mass is 19.2. The Bertz CT molecular complexity index is 467. The van der Waals surface area contributed by atoms with Crippen LogP contribution in [-0.4, -0.2) is 30.6 Å². The Morgan fingerprint density at radius 1 is 1.24 bits per heavy atom. The van der Waals surface area contributed by atoms with Crippen LogP contribution < -0.4 is 10.6 Å². The quantitative estimate of drug-likeness (QED) is 0.641. The molecular formula is C15H22F2N2O2. The monoisotopic (exact) mass is 300 g/mol. The Morgan fingerprint density at radius 2 is 1.95 bits per heavy atom. The molecular weight excluding hydrogens is 278 g/mol. The second-order valence-corrected chi connectivity index (χ2v) is 5.34. The summed E-state index contributed by atoms with van der Waals surface area (Å²) in [6, 6.07) is 3.28. The highest BCUT2D eigenvalue weighted by Crippen LogP contribution is 2.15. The minimum absolute atomic E-state index is 0.0569. The van der Waals surface area contributed by atoms with E-state index in [4.69, 9.17) is 0 Å². The molecule has 0 aromatic heterocycles. The number of benzene rings is 1. The molecule has 1 amide bonds. The van der Waals surface area contributed by atoms with E-state index in [0.717, 1.165) is 12.1 Å². The lowest BCUT2D eigenvalue weighted by atomic mass is 10.1. The lowest BCUT2D eigenvalue weighted by Gasteiger charge is -2.13. The molecule has 1 atom stereocenters. The lowest BCUT2D eigenvalue weighted by molar-refractivity contribution is -0.121. The molecule has 0 aliphatic carbocycles. The van der Waals surface area contributed by atoms with Gasteiger partial charge < -0.3 is 15.7 Å². The molecule has 0 saturated heterocycles. The third kappa shape index (κ3) is 6.64. The largest absolute Gasteiger partial charge is 0.387 e. The van der Waals surface area contributed by atoms with Crippen LogP contribution in [0.15, 0.2) is 18.2 Å². The van der Waals surface area contributed by atoms with Crippen LogP contribution >= 0.6 is 0 Å². The predicted octanol–water partition coefficient (Wildman–Crippen LogP) is 1.75. The molecule has 0 aliphatic rings. The second kappa shape index (κ2) is 8.69. The van der Waals surface area contributed by atoms with Gasteiger partial charge in [-0.3, -0.25) is 4.79 Å². The summed E-state index contributed by atoms with van der Waals surface area (Å²) in [5, 5.41) is 15.5. The number of aliphatic hydroxyl groups is 1. The van der Waals surface area contributed by atoms with Crippen LogP contribution in [0.4, 0.5) is 8.78 Å². The van der Waals surface area contributed by atoms with Crippen LogP contribution in [0.1, 0.15) is 31.9 Å². The molecule has 21 heavy (non-hydrogen) atoms. The predicted molar refractivity (Wildman–Crippen MR) is 76.7 cm³/mol. The van der Waals surface area contributed by atoms with E-state index in [1.54, 1.807) is 0 Å². The molecule has 3 N–H and O–H groups in total. The summed E-state index contributed by atoms with van der Waals surface area (Å²) < 4.78 is 25.8. The smallest absolute Gasteiger partial charge is 0.221 e. The number of nitrogens with one attached hydrogen (secondary N) is 2. The maximum absolute atomic E-state index is 13.0. The van der Waals surface area contributed by atoms with E-state index in [1.165, 1.54) is 6.07 Å². The average Bonchev–Trinajstić information content (AvgIpc) is 2.44. The molecule has 0 fully saturated rings. The van der Waals surface area contributed by atoms with Crippen LogP contribution in [-0.2, 0) is 4.79 Å². The molecule has 0 radical (unpaired) electrons. The number of carbonyl (C=O) groups is 1. The van der Waals surface area contributed by atoms with Crippen molar-refractivity contribution in [1.29, 1.82) is 0 Å². The van der Waals surface area contributed by atoms with Gasteiger partial charge in [-0.2, -0.15) is 0 Å². The van der Waals surface area contributed by atoms with Crippen LogP contribution in [0.2, 0.25) is 0 Å². The first-order valence-corrected chi connectivity index (χ1v) is 7.00. The molecule has 1 rings (SSSR count). The molecule has 0 spiro atoms. The summed E-state index contributed by atoms with van der Waals surface area (Å²) in [7, 11) is 0. The number of halogens is 2. The molecule has 4 nitrogen and oxygen atoms in total. The average molecular weight is 300 g/mol. The first kappa shape index (κ1) is 17.5. The zero-order valence-electron chi connectivity index (χ0n) is 12.3. The molecule has 0 heterocycles. The Labute approximate surface area is 123 Å². The van der Waals surface area contributed by atoms with Crippen molar-refractivity contribution in [1.82, 2.24) is 10.6 Å². The highest BCUT2D eigenvalue weighted by Gasteiger charge is 2.10. The van der Waals surface area contributed by atoms with Gasteiger partial charge in [0.25, 0.3) is 0 Å². The Kier molecular flexibility index (Phi) is 7.25. The maximum atomic E-state index is 13.0. The third-order valence-electron chi connectivity index (χ3n) is 2.90. The van der Waals surface area contributed by atoms with Crippen molar-refractivity contribution in [2.24, 2.45) is 5.92 Å². The summed E-state index contributed by atoms with van der Waals surface area (Å²) in [5.41, 5.74) is 0.297. The van der Waals surface area contributed by atoms with Crippen molar-refractivity contribution in [3.8, 4) is 0 Å². The summed E-state index contributed by atoms with van der Waals surface area (Å²) in [6.45, 7) is 5.23. The SMILES string of the molecule is CC(C)CNC(=O)CCNCC(O)c1ccc(F)c(F)c1. The Hall–Kier alpha value is -1.53. The maximum Gasteiger partial charge on any atom is 0.221 e. The zero-order valence-corrected chi connectivity index (χ0v) is 12.3. The minimum atomic E-state index is -0.986. The number of carbonyl (C=O) groups excluding carboxylic acids is 1. The fourth-order valence-corrected chi connectivity index (χ4v) is 1.68. The second-order valence-electron chi connectivity index (χ2n) is 5.34. The van der Waals surface area contributed by atoms with Gasteiger partial charge in [-0.05, 0) is 23.6 Å². The Morgan fingerprint density at radius 3 is 2.57 bits per heavy atom. The molecule has 1 aromatic rings. The van der Waals surface area contributed by atoms with E-state index in [1.807, 2.05) is 13.8 Å². The topological polar surface area (TPSA) is 61.4 Å². The first-order valence-electron chi connectivity index (χ1n) is 7.00. The molecule has 0 bridgehead atoms. The number of amides is 1. The zero-order chi connectivity index (χ0) is 15.8. The van der Waals surface area contributed by atoms with E-state index in [9.17, 15) is 18.7 Å². The van der Waals surface area contributed by atoms with E-state index in [-0.39, 0.29) is 12.5 Å². The molecule has 1 aromatic carbocycles. The van der Waals surface area contributed by atoms with E-state index < -0.39 is 17.7 Å². The molecule has 1 unspecified atom stereocenters. The first-order chi connectivity index (χ1) is 9.90. The molecule has 6 heteroatoms. The van der Waals surface area contributed by atoms with Crippen molar-refractivity contribution in [2.75, 3.05) is 19.6 Å². The number of rotatable bonds is 8. The van der Waals surface area contributed by atoms with E-state index in [2.05, 4.69) is 10.6 Å². The normalized spacial score (nSPS) is 12.5. The van der Waals surface area contributed by atoms with E-state index in [0.29, 0.717) is 31.0 Å². The van der Waals surface area contributed by atoms with Crippen molar-refractivity contribution >= 4 is 5.91 Å². The molecule has 0 saturated carbocycles. The summed E-state index contributed by atoms with van der Waals surface area (Å²) in [6.07, 6.45) is -0.643. The fourth-order valence-electron chi connectivity index (χ4n) is 1.68. The summed E-state index contributed by atoms with van der Waals surface area (Å²) >= 11 is 0. The van der Waals surface area contributed by atoms with Gasteiger partial charge in [0.15, 0.2) is 11.6 Å². The summed E-state index contributed by atoms with van der Waals surface area (Å²) in [5.74, 6) is -1.59. The van der Waals surface area contributed by atoms with Gasteiger partial charge in [0.1, 0.15) is 0 Å². The van der Waals surface area contributed by atoms with Gasteiger partial charge in [0.2, 0.25) is 5.91 Å². The standard InChI is InChI=1S/C15H22F2N2O2/c1-10(2)8-19-15(21)5-6-18-9-14(20)11-3-4-12(16)13(17)7-11/h3-4,7,10,14,18,20H,5-6,8-9H2,1-2H3,(H,19,21). The number of aliphatic hydroxyl groups excluding tert-OH is 1. The van der Waals surface area contributed by atoms with Gasteiger partial charge >= 0.3 is 0 Å². The van der Waals surface area contributed by atoms with Crippen LogP contribution in [0.25, 0.3) is 0 Å². The van der Waals surface area contributed by atoms with Crippen LogP contribution in [0, 0.1) is 17.6 Å². The van der Waals surface area contributed by atoms with Crippen molar-refractivity contribution in [3.63, 3.8) is 0 Å². The van der Waals surface area contributed by atoms with Gasteiger partial charge in [-0.15, -0.1) is 0 Å². The molecule has 0 aliphatic heterocycles. The lowest BCUT2D eigenvalue weighted by Crippen LogP contribution is -2.31. The van der Waals surface area contributed by atoms with E-state index >= 15 is 0 Å². The van der Waals surface area contributed by atoms with Gasteiger partial charge in [0, 0.05) is 26.1 Å². The van der Waals surface area contributed by atoms with Crippen LogP contribution in [0.3, 0.4) is 0 Å². The minimum Gasteiger partial charge on any atom is -0.387 e. The highest BCUT2D eigenvalue weighted by molar-refractivity contribution is 5.76. The summed E-state index contributed by atoms with van der Waals surface area (Å²) in [4.78, 5) is 11.4. The number of hydrogen-bond donors (Lipinski definition) is 3.